The summed E-state index contributed by atoms with van der Waals surface area (Å²) < 4.78 is 0. The van der Waals surface area contributed by atoms with E-state index in [-0.39, 0.29) is 11.6 Å². The standard InChI is InChI=1S/C11H14O.C9H16O.C2H6/c1-4-10-8(2)6-5-7-11(10)9(3)12;1-7(2)8(3)5-6-9(4)10;1-2/h5-7H,4H2,1-3H3;8H,1,5-6H2,2-4H3;1-2H3. The van der Waals surface area contributed by atoms with Crippen molar-refractivity contribution in [3.05, 3.63) is 47.0 Å². The first-order valence-electron chi connectivity index (χ1n) is 8.94. The number of allylic oxidation sites excluding steroid dienone is 1. The molecule has 0 bridgehead atoms. The predicted octanol–water partition coefficient (Wildman–Crippen LogP) is 6.35. The van der Waals surface area contributed by atoms with Crippen LogP contribution < -0.4 is 0 Å². The van der Waals surface area contributed by atoms with Crippen LogP contribution in [0.15, 0.2) is 30.4 Å². The summed E-state index contributed by atoms with van der Waals surface area (Å²) in [4.78, 5) is 21.7. The van der Waals surface area contributed by atoms with E-state index in [0.717, 1.165) is 18.4 Å². The van der Waals surface area contributed by atoms with Crippen molar-refractivity contribution in [2.45, 2.75) is 74.7 Å². The molecule has 2 heteroatoms. The lowest BCUT2D eigenvalue weighted by Crippen LogP contribution is -2.00. The minimum Gasteiger partial charge on any atom is -0.300 e. The first-order valence-corrected chi connectivity index (χ1v) is 8.94. The van der Waals surface area contributed by atoms with Crippen LogP contribution >= 0.6 is 0 Å². The molecule has 136 valence electrons. The van der Waals surface area contributed by atoms with Crippen LogP contribution in [-0.2, 0) is 11.2 Å². The van der Waals surface area contributed by atoms with Crippen LogP contribution in [0, 0.1) is 12.8 Å². The Morgan fingerprint density at radius 2 is 1.67 bits per heavy atom. The molecule has 0 aliphatic carbocycles. The summed E-state index contributed by atoms with van der Waals surface area (Å²) in [7, 11) is 0. The molecule has 0 heterocycles. The van der Waals surface area contributed by atoms with Crippen molar-refractivity contribution in [1.82, 2.24) is 0 Å². The number of Topliss-reactive ketones (excluding diaryl/α,β-unsaturated/α-hetero) is 2. The van der Waals surface area contributed by atoms with Gasteiger partial charge in [-0.2, -0.15) is 0 Å². The summed E-state index contributed by atoms with van der Waals surface area (Å²) in [5.41, 5.74) is 4.44. The second kappa shape index (κ2) is 13.7. The van der Waals surface area contributed by atoms with Crippen molar-refractivity contribution in [2.75, 3.05) is 0 Å². The maximum absolute atomic E-state index is 11.2. The van der Waals surface area contributed by atoms with Crippen molar-refractivity contribution >= 4 is 11.6 Å². The van der Waals surface area contributed by atoms with E-state index in [9.17, 15) is 9.59 Å². The largest absolute Gasteiger partial charge is 0.300 e. The third-order valence-electron chi connectivity index (χ3n) is 3.91. The summed E-state index contributed by atoms with van der Waals surface area (Å²) in [6, 6.07) is 5.88. The summed E-state index contributed by atoms with van der Waals surface area (Å²) in [6.07, 6.45) is 2.57. The normalized spacial score (nSPS) is 10.5. The fourth-order valence-corrected chi connectivity index (χ4v) is 2.17. The van der Waals surface area contributed by atoms with Gasteiger partial charge in [0.25, 0.3) is 0 Å². The molecule has 0 saturated carbocycles. The molecule has 24 heavy (non-hydrogen) atoms. The highest BCUT2D eigenvalue weighted by molar-refractivity contribution is 5.95. The van der Waals surface area contributed by atoms with E-state index in [4.69, 9.17) is 0 Å². The highest BCUT2D eigenvalue weighted by atomic mass is 16.1. The van der Waals surface area contributed by atoms with Gasteiger partial charge >= 0.3 is 0 Å². The van der Waals surface area contributed by atoms with Gasteiger partial charge in [0, 0.05) is 12.0 Å². The number of benzene rings is 1. The molecule has 0 N–H and O–H groups in total. The molecule has 0 aliphatic heterocycles. The third-order valence-corrected chi connectivity index (χ3v) is 3.91. The molecule has 0 radical (unpaired) electrons. The second-order valence-electron chi connectivity index (χ2n) is 6.00. The maximum atomic E-state index is 11.2. The zero-order chi connectivity index (χ0) is 19.3. The first-order chi connectivity index (χ1) is 11.2. The average Bonchev–Trinajstić information content (AvgIpc) is 2.54. The monoisotopic (exact) mass is 332 g/mol. The van der Waals surface area contributed by atoms with E-state index in [2.05, 4.69) is 20.4 Å². The Morgan fingerprint density at radius 3 is 2.00 bits per heavy atom. The zero-order valence-electron chi connectivity index (χ0n) is 17.0. The molecule has 1 unspecified atom stereocenters. The Morgan fingerprint density at radius 1 is 1.12 bits per heavy atom. The van der Waals surface area contributed by atoms with Gasteiger partial charge in [0.05, 0.1) is 0 Å². The van der Waals surface area contributed by atoms with Crippen molar-refractivity contribution < 1.29 is 9.59 Å². The van der Waals surface area contributed by atoms with Crippen LogP contribution in [0.2, 0.25) is 0 Å². The molecule has 0 aliphatic rings. The molecular formula is C22H36O2. The number of aryl methyl sites for hydroxylation is 1. The van der Waals surface area contributed by atoms with E-state index >= 15 is 0 Å². The van der Waals surface area contributed by atoms with Gasteiger partial charge < -0.3 is 4.79 Å². The Labute approximate surface area is 149 Å². The minimum absolute atomic E-state index is 0.163. The molecule has 1 atom stereocenters. The molecule has 1 aromatic rings. The molecule has 2 nitrogen and oxygen atoms in total. The van der Waals surface area contributed by atoms with Crippen LogP contribution in [0.5, 0.6) is 0 Å². The van der Waals surface area contributed by atoms with Crippen molar-refractivity contribution in [3.8, 4) is 0 Å². The summed E-state index contributed by atoms with van der Waals surface area (Å²) in [5, 5.41) is 0. The quantitative estimate of drug-likeness (QED) is 0.449. The summed E-state index contributed by atoms with van der Waals surface area (Å²) in [5.74, 6) is 0.924. The SMILES string of the molecule is C=C(C)C(C)CCC(C)=O.CC.CCc1c(C)cccc1C(C)=O. The van der Waals surface area contributed by atoms with E-state index in [1.807, 2.05) is 45.9 Å². The molecule has 1 rings (SSSR count). The van der Waals surface area contributed by atoms with E-state index in [1.165, 1.54) is 16.7 Å². The van der Waals surface area contributed by atoms with E-state index < -0.39 is 0 Å². The summed E-state index contributed by atoms with van der Waals surface area (Å²) in [6.45, 7) is 19.3. The Bertz CT molecular complexity index is 527. The van der Waals surface area contributed by atoms with Gasteiger partial charge in [-0.25, -0.2) is 0 Å². The van der Waals surface area contributed by atoms with Gasteiger partial charge in [-0.1, -0.05) is 58.0 Å². The number of ketones is 2. The number of hydrogen-bond acceptors (Lipinski definition) is 2. The summed E-state index contributed by atoms with van der Waals surface area (Å²) >= 11 is 0. The van der Waals surface area contributed by atoms with Gasteiger partial charge in [-0.3, -0.25) is 4.79 Å². The molecule has 0 amide bonds. The fraction of sp³-hybridized carbons (Fsp3) is 0.545. The fourth-order valence-electron chi connectivity index (χ4n) is 2.17. The van der Waals surface area contributed by atoms with E-state index in [1.54, 1.807) is 13.8 Å². The van der Waals surface area contributed by atoms with Crippen LogP contribution in [0.25, 0.3) is 0 Å². The van der Waals surface area contributed by atoms with Crippen molar-refractivity contribution in [1.29, 1.82) is 0 Å². The molecule has 0 fully saturated rings. The smallest absolute Gasteiger partial charge is 0.160 e. The van der Waals surface area contributed by atoms with Crippen LogP contribution in [-0.4, -0.2) is 11.6 Å². The zero-order valence-corrected chi connectivity index (χ0v) is 17.0. The number of hydrogen-bond donors (Lipinski definition) is 0. The highest BCUT2D eigenvalue weighted by Gasteiger charge is 2.06. The first kappa shape index (κ1) is 24.6. The van der Waals surface area contributed by atoms with E-state index in [0.29, 0.717) is 12.3 Å². The van der Waals surface area contributed by atoms with Gasteiger partial charge in [-0.15, -0.1) is 0 Å². The Kier molecular flexibility index (Phi) is 14.0. The van der Waals surface area contributed by atoms with Crippen molar-refractivity contribution in [2.24, 2.45) is 5.92 Å². The molecular weight excluding hydrogens is 296 g/mol. The number of carbonyl (C=O) groups is 2. The molecule has 0 saturated heterocycles. The topological polar surface area (TPSA) is 34.1 Å². The molecule has 1 aromatic carbocycles. The van der Waals surface area contributed by atoms with Crippen LogP contribution in [0.1, 0.15) is 82.8 Å². The predicted molar refractivity (Wildman–Crippen MR) is 106 cm³/mol. The molecule has 0 spiro atoms. The second-order valence-corrected chi connectivity index (χ2v) is 6.00. The lowest BCUT2D eigenvalue weighted by Gasteiger charge is -2.08. The van der Waals surface area contributed by atoms with Gasteiger partial charge in [0.1, 0.15) is 5.78 Å². The maximum Gasteiger partial charge on any atom is 0.160 e. The minimum atomic E-state index is 0.163. The third kappa shape index (κ3) is 10.1. The van der Waals surface area contributed by atoms with Crippen LogP contribution in [0.3, 0.4) is 0 Å². The number of carbonyl (C=O) groups excluding carboxylic acids is 2. The molecule has 0 aromatic heterocycles. The van der Waals surface area contributed by atoms with Crippen LogP contribution in [0.4, 0.5) is 0 Å². The Balaban J connectivity index is 0. The average molecular weight is 333 g/mol. The van der Waals surface area contributed by atoms with Gasteiger partial charge in [0.15, 0.2) is 5.78 Å². The van der Waals surface area contributed by atoms with Gasteiger partial charge in [-0.05, 0) is 57.6 Å². The Hall–Kier alpha value is -1.70. The lowest BCUT2D eigenvalue weighted by molar-refractivity contribution is -0.117. The van der Waals surface area contributed by atoms with Crippen molar-refractivity contribution in [3.63, 3.8) is 0 Å². The lowest BCUT2D eigenvalue weighted by atomic mass is 9.98. The highest BCUT2D eigenvalue weighted by Crippen LogP contribution is 2.15. The van der Waals surface area contributed by atoms with Gasteiger partial charge in [0.2, 0.25) is 0 Å². The number of rotatable bonds is 6.